The summed E-state index contributed by atoms with van der Waals surface area (Å²) in [5.74, 6) is -0.232. The molecule has 2 rings (SSSR count). The van der Waals surface area contributed by atoms with E-state index < -0.39 is 10.3 Å². The average molecular weight is 337 g/mol. The number of nitro benzene ring substituents is 1. The number of thiazole rings is 1. The van der Waals surface area contributed by atoms with Gasteiger partial charge in [0, 0.05) is 31.2 Å². The molecule has 0 saturated carbocycles. The van der Waals surface area contributed by atoms with Gasteiger partial charge in [-0.1, -0.05) is 32.1 Å². The number of ether oxygens (including phenoxy) is 1. The lowest BCUT2D eigenvalue weighted by Crippen LogP contribution is -2.24. The van der Waals surface area contributed by atoms with Gasteiger partial charge in [-0.15, -0.1) is 0 Å². The second-order valence-electron chi connectivity index (χ2n) is 6.11. The van der Waals surface area contributed by atoms with E-state index >= 15 is 0 Å². The molecular formula is C15H19N3O4S. The van der Waals surface area contributed by atoms with Crippen LogP contribution in [0.4, 0.5) is 5.69 Å². The van der Waals surface area contributed by atoms with E-state index in [0.717, 1.165) is 4.70 Å². The second kappa shape index (κ2) is 6.59. The highest BCUT2D eigenvalue weighted by atomic mass is 32.1. The number of fused-ring (bicyclic) bond motifs is 1. The standard InChI is InChI=1S/C15H19N3O4S/c1-15(2,3)13(19)16-14-17(7-8-22-4)11-9-10(18(20)21)5-6-12(11)23-14/h5-6,9H,7-8H2,1-4H3. The Labute approximate surface area is 137 Å². The molecule has 0 fully saturated rings. The SMILES string of the molecule is COCCn1c(=NC(=O)C(C)(C)C)sc2ccc([N+](=O)[O-])cc21. The molecule has 2 aromatic rings. The minimum Gasteiger partial charge on any atom is -0.383 e. The predicted molar refractivity (Wildman–Crippen MR) is 88.4 cm³/mol. The lowest BCUT2D eigenvalue weighted by Gasteiger charge is -2.12. The number of carbonyl (C=O) groups excluding carboxylic acids is 1. The van der Waals surface area contributed by atoms with Crippen molar-refractivity contribution in [2.24, 2.45) is 10.4 Å². The van der Waals surface area contributed by atoms with Crippen LogP contribution < -0.4 is 4.80 Å². The van der Waals surface area contributed by atoms with Crippen molar-refractivity contribution in [2.45, 2.75) is 27.3 Å². The van der Waals surface area contributed by atoms with Gasteiger partial charge in [0.2, 0.25) is 0 Å². The highest BCUT2D eigenvalue weighted by Gasteiger charge is 2.21. The lowest BCUT2D eigenvalue weighted by molar-refractivity contribution is -0.384. The summed E-state index contributed by atoms with van der Waals surface area (Å²) in [6, 6.07) is 4.64. The maximum atomic E-state index is 12.2. The number of amides is 1. The molecule has 124 valence electrons. The first-order chi connectivity index (χ1) is 10.7. The summed E-state index contributed by atoms with van der Waals surface area (Å²) in [5, 5.41) is 11.0. The first kappa shape index (κ1) is 17.3. The van der Waals surface area contributed by atoms with Gasteiger partial charge in [0.25, 0.3) is 11.6 Å². The molecule has 0 unspecified atom stereocenters. The van der Waals surface area contributed by atoms with Crippen molar-refractivity contribution in [2.75, 3.05) is 13.7 Å². The van der Waals surface area contributed by atoms with E-state index in [1.165, 1.54) is 23.5 Å². The molecule has 1 amide bonds. The molecule has 1 aromatic heterocycles. The van der Waals surface area contributed by atoms with Crippen molar-refractivity contribution in [1.29, 1.82) is 0 Å². The van der Waals surface area contributed by atoms with E-state index in [9.17, 15) is 14.9 Å². The summed E-state index contributed by atoms with van der Waals surface area (Å²) in [6.07, 6.45) is 0. The molecule has 0 N–H and O–H groups in total. The minimum absolute atomic E-state index is 0.00941. The Bertz CT molecular complexity index is 814. The molecule has 23 heavy (non-hydrogen) atoms. The monoisotopic (exact) mass is 337 g/mol. The smallest absolute Gasteiger partial charge is 0.271 e. The fourth-order valence-electron chi connectivity index (χ4n) is 1.91. The molecule has 0 radical (unpaired) electrons. The summed E-state index contributed by atoms with van der Waals surface area (Å²) in [6.45, 7) is 6.29. The van der Waals surface area contributed by atoms with E-state index in [4.69, 9.17) is 4.74 Å². The minimum atomic E-state index is -0.582. The van der Waals surface area contributed by atoms with Crippen LogP contribution in [0.3, 0.4) is 0 Å². The van der Waals surface area contributed by atoms with Gasteiger partial charge in [-0.25, -0.2) is 0 Å². The van der Waals surface area contributed by atoms with Crippen molar-refractivity contribution in [1.82, 2.24) is 4.57 Å². The highest BCUT2D eigenvalue weighted by Crippen LogP contribution is 2.23. The number of rotatable bonds is 4. The molecule has 0 bridgehead atoms. The fraction of sp³-hybridized carbons (Fsp3) is 0.467. The van der Waals surface area contributed by atoms with Crippen LogP contribution >= 0.6 is 11.3 Å². The topological polar surface area (TPSA) is 86.7 Å². The summed E-state index contributed by atoms with van der Waals surface area (Å²) in [7, 11) is 1.58. The fourth-order valence-corrected chi connectivity index (χ4v) is 2.94. The third-order valence-corrected chi connectivity index (χ3v) is 4.29. The molecule has 1 heterocycles. The van der Waals surface area contributed by atoms with Crippen LogP contribution in [0.2, 0.25) is 0 Å². The third-order valence-electron chi connectivity index (χ3n) is 3.23. The number of hydrogen-bond donors (Lipinski definition) is 0. The van der Waals surface area contributed by atoms with E-state index in [1.54, 1.807) is 38.5 Å². The Morgan fingerprint density at radius 1 is 1.43 bits per heavy atom. The molecular weight excluding hydrogens is 318 g/mol. The summed E-state index contributed by atoms with van der Waals surface area (Å²) in [5.41, 5.74) is 0.109. The number of carbonyl (C=O) groups is 1. The number of aromatic nitrogens is 1. The first-order valence-corrected chi connectivity index (χ1v) is 7.91. The maximum absolute atomic E-state index is 12.2. The van der Waals surface area contributed by atoms with Crippen LogP contribution in [0.5, 0.6) is 0 Å². The van der Waals surface area contributed by atoms with E-state index in [0.29, 0.717) is 23.5 Å². The molecule has 1 aromatic carbocycles. The number of benzene rings is 1. The molecule has 0 atom stereocenters. The van der Waals surface area contributed by atoms with Gasteiger partial charge in [-0.05, 0) is 6.07 Å². The molecule has 0 aliphatic heterocycles. The number of non-ortho nitro benzene ring substituents is 1. The highest BCUT2D eigenvalue weighted by molar-refractivity contribution is 7.16. The molecule has 7 nitrogen and oxygen atoms in total. The van der Waals surface area contributed by atoms with Gasteiger partial charge < -0.3 is 9.30 Å². The van der Waals surface area contributed by atoms with Crippen molar-refractivity contribution in [3.63, 3.8) is 0 Å². The number of nitro groups is 1. The van der Waals surface area contributed by atoms with Crippen molar-refractivity contribution < 1.29 is 14.5 Å². The summed E-state index contributed by atoms with van der Waals surface area (Å²) >= 11 is 1.34. The van der Waals surface area contributed by atoms with Gasteiger partial charge in [0.15, 0.2) is 4.80 Å². The molecule has 0 spiro atoms. The number of hydrogen-bond acceptors (Lipinski definition) is 5. The van der Waals surface area contributed by atoms with E-state index in [-0.39, 0.29) is 11.6 Å². The molecule has 0 saturated heterocycles. The summed E-state index contributed by atoms with van der Waals surface area (Å²) in [4.78, 5) is 27.5. The Hall–Kier alpha value is -2.06. The van der Waals surface area contributed by atoms with E-state index in [1.807, 2.05) is 0 Å². The van der Waals surface area contributed by atoms with Gasteiger partial charge in [0.1, 0.15) is 0 Å². The third kappa shape index (κ3) is 3.83. The van der Waals surface area contributed by atoms with Crippen LogP contribution in [0.1, 0.15) is 20.8 Å². The van der Waals surface area contributed by atoms with Crippen LogP contribution in [-0.4, -0.2) is 29.1 Å². The van der Waals surface area contributed by atoms with E-state index in [2.05, 4.69) is 4.99 Å². The Morgan fingerprint density at radius 3 is 2.70 bits per heavy atom. The van der Waals surface area contributed by atoms with Crippen LogP contribution in [0.25, 0.3) is 10.2 Å². The normalized spacial score (nSPS) is 12.8. The van der Waals surface area contributed by atoms with Crippen molar-refractivity contribution in [3.8, 4) is 0 Å². The largest absolute Gasteiger partial charge is 0.383 e. The van der Waals surface area contributed by atoms with Gasteiger partial charge in [-0.3, -0.25) is 14.9 Å². The lowest BCUT2D eigenvalue weighted by atomic mass is 9.96. The molecule has 8 heteroatoms. The van der Waals surface area contributed by atoms with Crippen molar-refractivity contribution >= 4 is 33.1 Å². The summed E-state index contributed by atoms with van der Waals surface area (Å²) < 4.78 is 7.72. The van der Waals surface area contributed by atoms with Gasteiger partial charge >= 0.3 is 0 Å². The second-order valence-corrected chi connectivity index (χ2v) is 7.11. The quantitative estimate of drug-likeness (QED) is 0.634. The average Bonchev–Trinajstić information content (AvgIpc) is 2.80. The first-order valence-electron chi connectivity index (χ1n) is 7.10. The Balaban J connectivity index is 2.66. The van der Waals surface area contributed by atoms with Gasteiger partial charge in [-0.2, -0.15) is 4.99 Å². The van der Waals surface area contributed by atoms with Crippen molar-refractivity contribution in [3.05, 3.63) is 33.1 Å². The van der Waals surface area contributed by atoms with Crippen LogP contribution in [-0.2, 0) is 16.1 Å². The Kier molecular flexibility index (Phi) is 4.96. The Morgan fingerprint density at radius 2 is 2.13 bits per heavy atom. The maximum Gasteiger partial charge on any atom is 0.271 e. The molecule has 0 aliphatic rings. The van der Waals surface area contributed by atoms with Gasteiger partial charge in [0.05, 0.1) is 21.7 Å². The van der Waals surface area contributed by atoms with Crippen LogP contribution in [0, 0.1) is 15.5 Å². The molecule has 0 aliphatic carbocycles. The predicted octanol–water partition coefficient (Wildman–Crippen LogP) is 2.73. The van der Waals surface area contributed by atoms with Crippen LogP contribution in [0.15, 0.2) is 23.2 Å². The zero-order valence-electron chi connectivity index (χ0n) is 13.5. The zero-order chi connectivity index (χ0) is 17.2. The zero-order valence-corrected chi connectivity index (χ0v) is 14.3. The number of methoxy groups -OCH3 is 1. The number of nitrogens with zero attached hydrogens (tertiary/aromatic N) is 3.